The second-order valence-corrected chi connectivity index (χ2v) is 5.46. The zero-order chi connectivity index (χ0) is 14.7. The van der Waals surface area contributed by atoms with E-state index in [1.165, 1.54) is 0 Å². The van der Waals surface area contributed by atoms with Gasteiger partial charge < -0.3 is 20.5 Å². The SMILES string of the molecule is NC(=O)c1cc(Br)ccc1N1CCOCC1CC(=O)O. The molecule has 1 aliphatic heterocycles. The van der Waals surface area contributed by atoms with Gasteiger partial charge in [0.25, 0.3) is 5.91 Å². The molecular formula is C13H15BrN2O4. The molecule has 1 aromatic carbocycles. The Hall–Kier alpha value is -1.60. The highest BCUT2D eigenvalue weighted by Gasteiger charge is 2.28. The van der Waals surface area contributed by atoms with Crippen LogP contribution in [-0.2, 0) is 9.53 Å². The van der Waals surface area contributed by atoms with Gasteiger partial charge in [-0.2, -0.15) is 0 Å². The molecule has 0 radical (unpaired) electrons. The third-order valence-electron chi connectivity index (χ3n) is 3.17. The molecule has 1 aliphatic rings. The van der Waals surface area contributed by atoms with Crippen molar-refractivity contribution in [2.24, 2.45) is 5.73 Å². The summed E-state index contributed by atoms with van der Waals surface area (Å²) < 4.78 is 6.08. The monoisotopic (exact) mass is 342 g/mol. The number of rotatable bonds is 4. The van der Waals surface area contributed by atoms with E-state index >= 15 is 0 Å². The number of carboxylic acid groups (broad SMARTS) is 1. The molecule has 3 N–H and O–H groups in total. The van der Waals surface area contributed by atoms with E-state index in [0.29, 0.717) is 31.0 Å². The molecule has 1 heterocycles. The molecule has 6 nitrogen and oxygen atoms in total. The first-order valence-electron chi connectivity index (χ1n) is 6.14. The summed E-state index contributed by atoms with van der Waals surface area (Å²) >= 11 is 3.30. The molecule has 1 saturated heterocycles. The highest BCUT2D eigenvalue weighted by Crippen LogP contribution is 2.28. The average Bonchev–Trinajstić information content (AvgIpc) is 2.39. The van der Waals surface area contributed by atoms with Crippen molar-refractivity contribution in [3.63, 3.8) is 0 Å². The summed E-state index contributed by atoms with van der Waals surface area (Å²) in [5.41, 5.74) is 6.42. The van der Waals surface area contributed by atoms with Gasteiger partial charge in [-0.05, 0) is 18.2 Å². The molecule has 0 aromatic heterocycles. The summed E-state index contributed by atoms with van der Waals surface area (Å²) in [4.78, 5) is 24.4. The second-order valence-electron chi connectivity index (χ2n) is 4.55. The van der Waals surface area contributed by atoms with Crippen LogP contribution in [0.2, 0.25) is 0 Å². The van der Waals surface area contributed by atoms with E-state index in [4.69, 9.17) is 15.6 Å². The number of halogens is 1. The third-order valence-corrected chi connectivity index (χ3v) is 3.66. The van der Waals surface area contributed by atoms with E-state index in [-0.39, 0.29) is 12.5 Å². The maximum atomic E-state index is 11.6. The van der Waals surface area contributed by atoms with Gasteiger partial charge in [-0.15, -0.1) is 0 Å². The van der Waals surface area contributed by atoms with Crippen LogP contribution >= 0.6 is 15.9 Å². The Labute approximate surface area is 124 Å². The van der Waals surface area contributed by atoms with Crippen molar-refractivity contribution in [1.82, 2.24) is 0 Å². The van der Waals surface area contributed by atoms with Gasteiger partial charge >= 0.3 is 5.97 Å². The molecule has 1 aromatic rings. The van der Waals surface area contributed by atoms with E-state index in [9.17, 15) is 9.59 Å². The van der Waals surface area contributed by atoms with Gasteiger partial charge in [-0.1, -0.05) is 15.9 Å². The maximum absolute atomic E-state index is 11.6. The molecular weight excluding hydrogens is 328 g/mol. The van der Waals surface area contributed by atoms with Crippen LogP contribution in [0.4, 0.5) is 5.69 Å². The van der Waals surface area contributed by atoms with Crippen molar-refractivity contribution in [2.45, 2.75) is 12.5 Å². The number of hydrogen-bond donors (Lipinski definition) is 2. The average molecular weight is 343 g/mol. The first-order chi connectivity index (χ1) is 9.49. The third kappa shape index (κ3) is 3.29. The number of benzene rings is 1. The Kier molecular flexibility index (Phi) is 4.61. The number of morpholine rings is 1. The number of nitrogens with two attached hydrogens (primary N) is 1. The van der Waals surface area contributed by atoms with Crippen LogP contribution in [0, 0.1) is 0 Å². The number of nitrogens with zero attached hydrogens (tertiary/aromatic N) is 1. The smallest absolute Gasteiger partial charge is 0.305 e. The number of ether oxygens (including phenoxy) is 1. The molecule has 20 heavy (non-hydrogen) atoms. The van der Waals surface area contributed by atoms with Gasteiger partial charge in [0.2, 0.25) is 0 Å². The summed E-state index contributed by atoms with van der Waals surface area (Å²) in [7, 11) is 0. The molecule has 1 fully saturated rings. The minimum atomic E-state index is -0.900. The van der Waals surface area contributed by atoms with Crippen molar-refractivity contribution in [3.05, 3.63) is 28.2 Å². The summed E-state index contributed by atoms with van der Waals surface area (Å²) in [6, 6.07) is 4.91. The van der Waals surface area contributed by atoms with Crippen LogP contribution in [0.25, 0.3) is 0 Å². The Bertz CT molecular complexity index is 535. The maximum Gasteiger partial charge on any atom is 0.305 e. The summed E-state index contributed by atoms with van der Waals surface area (Å²) in [6.45, 7) is 1.34. The van der Waals surface area contributed by atoms with E-state index in [1.54, 1.807) is 18.2 Å². The van der Waals surface area contributed by atoms with Crippen LogP contribution in [0.15, 0.2) is 22.7 Å². The number of aliphatic carboxylic acids is 1. The Morgan fingerprint density at radius 2 is 2.25 bits per heavy atom. The fraction of sp³-hybridized carbons (Fsp3) is 0.385. The summed E-state index contributed by atoms with van der Waals surface area (Å²) in [6.07, 6.45) is -0.0474. The molecule has 7 heteroatoms. The van der Waals surface area contributed by atoms with Gasteiger partial charge in [0.05, 0.1) is 36.9 Å². The highest BCUT2D eigenvalue weighted by molar-refractivity contribution is 9.10. The van der Waals surface area contributed by atoms with Crippen molar-refractivity contribution in [1.29, 1.82) is 0 Å². The molecule has 1 amide bonds. The Morgan fingerprint density at radius 1 is 1.50 bits per heavy atom. The van der Waals surface area contributed by atoms with Crippen molar-refractivity contribution >= 4 is 33.5 Å². The summed E-state index contributed by atoms with van der Waals surface area (Å²) in [5, 5.41) is 8.97. The standard InChI is InChI=1S/C13H15BrN2O4/c14-8-1-2-11(10(5-8)13(15)19)16-3-4-20-7-9(16)6-12(17)18/h1-2,5,9H,3-4,6-7H2,(H2,15,19)(H,17,18). The molecule has 0 aliphatic carbocycles. The van der Waals surface area contributed by atoms with Gasteiger partial charge in [-0.3, -0.25) is 9.59 Å². The van der Waals surface area contributed by atoms with Crippen LogP contribution in [0.1, 0.15) is 16.8 Å². The number of carbonyl (C=O) groups is 2. The second kappa shape index (κ2) is 6.23. The van der Waals surface area contributed by atoms with Gasteiger partial charge in [-0.25, -0.2) is 0 Å². The van der Waals surface area contributed by atoms with Gasteiger partial charge in [0.15, 0.2) is 0 Å². The minimum Gasteiger partial charge on any atom is -0.481 e. The molecule has 0 saturated carbocycles. The molecule has 0 spiro atoms. The fourth-order valence-corrected chi connectivity index (χ4v) is 2.66. The molecule has 1 unspecified atom stereocenters. The van der Waals surface area contributed by atoms with E-state index in [1.807, 2.05) is 4.90 Å². The normalized spacial score (nSPS) is 18.9. The van der Waals surface area contributed by atoms with Crippen LogP contribution in [0.3, 0.4) is 0 Å². The Morgan fingerprint density at radius 3 is 2.90 bits per heavy atom. The molecule has 0 bridgehead atoms. The highest BCUT2D eigenvalue weighted by atomic mass is 79.9. The lowest BCUT2D eigenvalue weighted by Gasteiger charge is -2.37. The lowest BCUT2D eigenvalue weighted by Crippen LogP contribution is -2.47. The molecule has 2 rings (SSSR count). The zero-order valence-electron chi connectivity index (χ0n) is 10.7. The molecule has 108 valence electrons. The van der Waals surface area contributed by atoms with E-state index in [2.05, 4.69) is 15.9 Å². The van der Waals surface area contributed by atoms with Crippen molar-refractivity contribution < 1.29 is 19.4 Å². The quantitative estimate of drug-likeness (QED) is 0.858. The predicted octanol–water partition coefficient (Wildman–Crippen LogP) is 1.23. The van der Waals surface area contributed by atoms with E-state index < -0.39 is 11.9 Å². The number of carbonyl (C=O) groups excluding carboxylic acids is 1. The molecule has 1 atom stereocenters. The van der Waals surface area contributed by atoms with Crippen molar-refractivity contribution in [3.8, 4) is 0 Å². The van der Waals surface area contributed by atoms with Crippen LogP contribution in [0.5, 0.6) is 0 Å². The summed E-state index contributed by atoms with van der Waals surface area (Å²) in [5.74, 6) is -1.44. The van der Waals surface area contributed by atoms with Crippen LogP contribution < -0.4 is 10.6 Å². The Balaban J connectivity index is 2.36. The number of amides is 1. The number of hydrogen-bond acceptors (Lipinski definition) is 4. The first kappa shape index (κ1) is 14.8. The van der Waals surface area contributed by atoms with E-state index in [0.717, 1.165) is 4.47 Å². The topological polar surface area (TPSA) is 92.9 Å². The minimum absolute atomic E-state index is 0.0474. The first-order valence-corrected chi connectivity index (χ1v) is 6.94. The largest absolute Gasteiger partial charge is 0.481 e. The van der Waals surface area contributed by atoms with Crippen molar-refractivity contribution in [2.75, 3.05) is 24.7 Å². The number of primary amides is 1. The number of carboxylic acids is 1. The lowest BCUT2D eigenvalue weighted by molar-refractivity contribution is -0.138. The van der Waals surface area contributed by atoms with Crippen LogP contribution in [-0.4, -0.2) is 42.8 Å². The number of anilines is 1. The fourth-order valence-electron chi connectivity index (χ4n) is 2.30. The lowest BCUT2D eigenvalue weighted by atomic mass is 10.1. The van der Waals surface area contributed by atoms with Gasteiger partial charge in [0.1, 0.15) is 0 Å². The zero-order valence-corrected chi connectivity index (χ0v) is 12.3. The van der Waals surface area contributed by atoms with Gasteiger partial charge in [0, 0.05) is 11.0 Å². The predicted molar refractivity (Wildman–Crippen MR) is 76.9 cm³/mol.